The predicted octanol–water partition coefficient (Wildman–Crippen LogP) is 8.25. The lowest BCUT2D eigenvalue weighted by Gasteiger charge is -2.29. The minimum Gasteiger partial charge on any atom is -0.491 e. The summed E-state index contributed by atoms with van der Waals surface area (Å²) in [5, 5.41) is 10.1. The van der Waals surface area contributed by atoms with Crippen molar-refractivity contribution in [2.75, 3.05) is 6.61 Å². The maximum atomic E-state index is 14.9. The Hall–Kier alpha value is -2.83. The van der Waals surface area contributed by atoms with Crippen LogP contribution < -0.4 is 4.74 Å². The van der Waals surface area contributed by atoms with Crippen LogP contribution in [0.25, 0.3) is 11.1 Å². The molecule has 0 amide bonds. The number of halogens is 3. The van der Waals surface area contributed by atoms with Crippen LogP contribution in [0.2, 0.25) is 0 Å². The van der Waals surface area contributed by atoms with E-state index in [2.05, 4.69) is 0 Å². The van der Waals surface area contributed by atoms with E-state index in [1.807, 2.05) is 19.9 Å². The Balaban J connectivity index is 1.33. The zero-order valence-corrected chi connectivity index (χ0v) is 21.5. The fraction of sp³-hybridized carbons (Fsp3) is 0.419. The van der Waals surface area contributed by atoms with Crippen molar-refractivity contribution in [2.24, 2.45) is 0 Å². The summed E-state index contributed by atoms with van der Waals surface area (Å²) in [6.45, 7) is 4.24. The Morgan fingerprint density at radius 2 is 1.62 bits per heavy atom. The van der Waals surface area contributed by atoms with Gasteiger partial charge in [0, 0.05) is 11.1 Å². The first-order valence-electron chi connectivity index (χ1n) is 13.2. The number of benzene rings is 3. The van der Waals surface area contributed by atoms with Crippen molar-refractivity contribution in [2.45, 2.75) is 77.1 Å². The van der Waals surface area contributed by atoms with Gasteiger partial charge in [-0.1, -0.05) is 55.8 Å². The molecule has 0 bridgehead atoms. The number of rotatable bonds is 10. The first-order chi connectivity index (χ1) is 17.9. The number of aliphatic hydroxyl groups is 1. The van der Waals surface area contributed by atoms with Crippen molar-refractivity contribution in [3.05, 3.63) is 88.7 Å². The first kappa shape index (κ1) is 27.2. The van der Waals surface area contributed by atoms with Gasteiger partial charge in [-0.05, 0) is 73.8 Å². The second-order valence-electron chi connectivity index (χ2n) is 9.73. The molecule has 1 saturated carbocycles. The maximum absolute atomic E-state index is 14.9. The Labute approximate surface area is 217 Å². The van der Waals surface area contributed by atoms with Crippen LogP contribution in [-0.4, -0.2) is 17.8 Å². The van der Waals surface area contributed by atoms with Gasteiger partial charge in [0.2, 0.25) is 0 Å². The number of hydrogen-bond donors (Lipinski definition) is 1. The van der Waals surface area contributed by atoms with E-state index in [0.29, 0.717) is 18.6 Å². The molecule has 3 aromatic carbocycles. The second kappa shape index (κ2) is 12.6. The van der Waals surface area contributed by atoms with Crippen molar-refractivity contribution in [3.8, 4) is 16.9 Å². The molecule has 4 rings (SSSR count). The third-order valence-electron chi connectivity index (χ3n) is 7.21. The Morgan fingerprint density at radius 3 is 2.27 bits per heavy atom. The summed E-state index contributed by atoms with van der Waals surface area (Å²) in [7, 11) is 0. The van der Waals surface area contributed by atoms with E-state index >= 15 is 0 Å². The summed E-state index contributed by atoms with van der Waals surface area (Å²) in [4.78, 5) is 0. The van der Waals surface area contributed by atoms with Crippen molar-refractivity contribution < 1.29 is 27.8 Å². The molecule has 0 aromatic heterocycles. The highest BCUT2D eigenvalue weighted by Gasteiger charge is 2.24. The number of aliphatic hydroxyl groups excluding tert-OH is 1. The lowest BCUT2D eigenvalue weighted by Crippen LogP contribution is -2.21. The smallest absolute Gasteiger partial charge is 0.167 e. The van der Waals surface area contributed by atoms with Crippen LogP contribution in [-0.2, 0) is 11.3 Å². The summed E-state index contributed by atoms with van der Waals surface area (Å²) in [5.74, 6) is -1.63. The fourth-order valence-corrected chi connectivity index (χ4v) is 5.06. The fourth-order valence-electron chi connectivity index (χ4n) is 5.06. The highest BCUT2D eigenvalue weighted by molar-refractivity contribution is 5.65. The monoisotopic (exact) mass is 512 g/mol. The van der Waals surface area contributed by atoms with E-state index in [0.717, 1.165) is 43.2 Å². The molecule has 0 heterocycles. The van der Waals surface area contributed by atoms with E-state index in [9.17, 15) is 18.3 Å². The normalized spacial score (nSPS) is 18.5. The molecule has 198 valence electrons. The average molecular weight is 513 g/mol. The van der Waals surface area contributed by atoms with Gasteiger partial charge in [-0.15, -0.1) is 0 Å². The van der Waals surface area contributed by atoms with Gasteiger partial charge in [0.05, 0.1) is 25.4 Å². The summed E-state index contributed by atoms with van der Waals surface area (Å²) < 4.78 is 55.3. The molecule has 1 atom stereocenters. The van der Waals surface area contributed by atoms with E-state index < -0.39 is 17.7 Å². The summed E-state index contributed by atoms with van der Waals surface area (Å²) in [6.07, 6.45) is 4.14. The molecule has 1 N–H and O–H groups in total. The molecule has 1 fully saturated rings. The highest BCUT2D eigenvalue weighted by atomic mass is 19.2. The third-order valence-corrected chi connectivity index (χ3v) is 7.21. The van der Waals surface area contributed by atoms with E-state index in [1.54, 1.807) is 48.5 Å². The molecule has 3 aromatic rings. The molecule has 1 unspecified atom stereocenters. The summed E-state index contributed by atoms with van der Waals surface area (Å²) >= 11 is 0. The molecule has 1 aliphatic carbocycles. The van der Waals surface area contributed by atoms with Crippen molar-refractivity contribution in [1.29, 1.82) is 0 Å². The molecule has 1 aliphatic rings. The zero-order valence-electron chi connectivity index (χ0n) is 21.5. The van der Waals surface area contributed by atoms with Gasteiger partial charge in [0.1, 0.15) is 0 Å². The van der Waals surface area contributed by atoms with Crippen molar-refractivity contribution in [3.63, 3.8) is 0 Å². The van der Waals surface area contributed by atoms with Gasteiger partial charge in [-0.25, -0.2) is 13.2 Å². The third kappa shape index (κ3) is 6.55. The van der Waals surface area contributed by atoms with E-state index in [4.69, 9.17) is 9.47 Å². The SMILES string of the molecule is CCCC(O)c1ccc(-c2ccc(COC3CCC(c4ccc(OCC)c(F)c4)CC3)c(F)c2F)cc1. The van der Waals surface area contributed by atoms with Crippen LogP contribution in [0.15, 0.2) is 54.6 Å². The summed E-state index contributed by atoms with van der Waals surface area (Å²) in [5.41, 5.74) is 2.64. The zero-order chi connectivity index (χ0) is 26.4. The standard InChI is InChI=1S/C31H35F3O3/c1-3-5-28(35)22-8-6-21(7-9-22)26-16-12-24(30(33)31(26)34)19-37-25-14-10-20(11-15-25)23-13-17-29(36-4-2)27(32)18-23/h6-9,12-13,16-18,20,25,28,35H,3-5,10-11,14-15,19H2,1-2H3. The lowest BCUT2D eigenvalue weighted by atomic mass is 9.82. The van der Waals surface area contributed by atoms with Gasteiger partial charge in [0.25, 0.3) is 0 Å². The predicted molar refractivity (Wildman–Crippen MR) is 139 cm³/mol. The first-order valence-corrected chi connectivity index (χ1v) is 13.2. The molecular weight excluding hydrogens is 477 g/mol. The summed E-state index contributed by atoms with van der Waals surface area (Å²) in [6, 6.07) is 15.2. The van der Waals surface area contributed by atoms with E-state index in [1.165, 1.54) is 0 Å². The Bertz CT molecular complexity index is 1170. The van der Waals surface area contributed by atoms with Crippen LogP contribution in [0.3, 0.4) is 0 Å². The molecule has 37 heavy (non-hydrogen) atoms. The van der Waals surface area contributed by atoms with Crippen LogP contribution in [0.4, 0.5) is 13.2 Å². The van der Waals surface area contributed by atoms with Gasteiger partial charge in [-0.3, -0.25) is 0 Å². The van der Waals surface area contributed by atoms with Crippen LogP contribution in [0.1, 0.15) is 81.1 Å². The minimum atomic E-state index is -0.899. The van der Waals surface area contributed by atoms with Crippen LogP contribution in [0.5, 0.6) is 5.75 Å². The quantitative estimate of drug-likeness (QED) is 0.297. The highest BCUT2D eigenvalue weighted by Crippen LogP contribution is 2.36. The second-order valence-corrected chi connectivity index (χ2v) is 9.73. The van der Waals surface area contributed by atoms with Gasteiger partial charge in [-0.2, -0.15) is 0 Å². The van der Waals surface area contributed by atoms with Gasteiger partial charge in [0.15, 0.2) is 23.2 Å². The minimum absolute atomic E-state index is 0.00179. The Kier molecular flexibility index (Phi) is 9.28. The molecular formula is C31H35F3O3. The van der Waals surface area contributed by atoms with E-state index in [-0.39, 0.29) is 41.3 Å². The van der Waals surface area contributed by atoms with Crippen molar-refractivity contribution >= 4 is 0 Å². The molecule has 6 heteroatoms. The molecule has 0 aliphatic heterocycles. The maximum Gasteiger partial charge on any atom is 0.167 e. The topological polar surface area (TPSA) is 38.7 Å². The van der Waals surface area contributed by atoms with Gasteiger partial charge >= 0.3 is 0 Å². The van der Waals surface area contributed by atoms with Gasteiger partial charge < -0.3 is 14.6 Å². The number of ether oxygens (including phenoxy) is 2. The lowest BCUT2D eigenvalue weighted by molar-refractivity contribution is 0.0119. The molecule has 0 spiro atoms. The molecule has 0 radical (unpaired) electrons. The van der Waals surface area contributed by atoms with Crippen molar-refractivity contribution in [1.82, 2.24) is 0 Å². The van der Waals surface area contributed by atoms with Crippen LogP contribution >= 0.6 is 0 Å². The molecule has 0 saturated heterocycles. The average Bonchev–Trinajstić information content (AvgIpc) is 2.91. The van der Waals surface area contributed by atoms with Crippen LogP contribution in [0, 0.1) is 17.5 Å². The Morgan fingerprint density at radius 1 is 0.892 bits per heavy atom. The molecule has 3 nitrogen and oxygen atoms in total. The number of hydrogen-bond acceptors (Lipinski definition) is 3. The largest absolute Gasteiger partial charge is 0.491 e.